The van der Waals surface area contributed by atoms with Crippen LogP contribution in [-0.4, -0.2) is 47.6 Å². The van der Waals surface area contributed by atoms with Crippen molar-refractivity contribution in [3.8, 4) is 0 Å². The molecule has 2 aromatic rings. The first-order valence-electron chi connectivity index (χ1n) is 7.21. The zero-order chi connectivity index (χ0) is 15.5. The van der Waals surface area contributed by atoms with Crippen molar-refractivity contribution in [3.05, 3.63) is 46.5 Å². The minimum Gasteiger partial charge on any atom is -0.379 e. The van der Waals surface area contributed by atoms with E-state index in [1.54, 1.807) is 31.5 Å². The maximum absolute atomic E-state index is 12.4. The molecule has 1 amide bonds. The predicted molar refractivity (Wildman–Crippen MR) is 81.0 cm³/mol. The topological polar surface area (TPSA) is 84.7 Å². The summed E-state index contributed by atoms with van der Waals surface area (Å²) >= 11 is 0. The number of carbonyl (C=O) groups is 1. The summed E-state index contributed by atoms with van der Waals surface area (Å²) in [4.78, 5) is 28.9. The minimum absolute atomic E-state index is 0.0316. The van der Waals surface area contributed by atoms with Crippen molar-refractivity contribution < 1.29 is 9.53 Å². The van der Waals surface area contributed by atoms with E-state index >= 15 is 0 Å². The Bertz CT molecular complexity index is 743. The number of ether oxygens (including phenoxy) is 1. The number of piperidine rings is 1. The fourth-order valence-corrected chi connectivity index (χ4v) is 2.69. The molecule has 0 saturated carbocycles. The molecule has 2 aromatic heterocycles. The Balaban J connectivity index is 1.86. The van der Waals surface area contributed by atoms with Gasteiger partial charge < -0.3 is 15.4 Å². The van der Waals surface area contributed by atoms with Crippen LogP contribution in [0.1, 0.15) is 16.8 Å². The molecule has 0 aromatic carbocycles. The third-order valence-corrected chi connectivity index (χ3v) is 3.90. The highest BCUT2D eigenvalue weighted by atomic mass is 16.5. The minimum atomic E-state index is -0.425. The van der Waals surface area contributed by atoms with Gasteiger partial charge in [0.2, 0.25) is 0 Å². The molecule has 2 N–H and O–H groups in total. The van der Waals surface area contributed by atoms with Crippen LogP contribution in [0.15, 0.2) is 35.4 Å². The van der Waals surface area contributed by atoms with Crippen LogP contribution in [0.3, 0.4) is 0 Å². The number of carbonyl (C=O) groups excluding carboxylic acids is 1. The van der Waals surface area contributed by atoms with Crippen molar-refractivity contribution in [3.63, 3.8) is 0 Å². The molecule has 0 radical (unpaired) electrons. The Morgan fingerprint density at radius 2 is 2.36 bits per heavy atom. The molecular weight excluding hydrogens is 284 g/mol. The van der Waals surface area contributed by atoms with Crippen LogP contribution in [0.4, 0.5) is 0 Å². The van der Waals surface area contributed by atoms with Crippen molar-refractivity contribution in [1.82, 2.24) is 20.0 Å². The Labute approximate surface area is 127 Å². The van der Waals surface area contributed by atoms with Crippen LogP contribution in [-0.2, 0) is 4.74 Å². The molecule has 22 heavy (non-hydrogen) atoms. The quantitative estimate of drug-likeness (QED) is 0.820. The van der Waals surface area contributed by atoms with E-state index in [0.29, 0.717) is 12.2 Å². The average molecular weight is 302 g/mol. The summed E-state index contributed by atoms with van der Waals surface area (Å²) < 4.78 is 6.75. The first-order chi connectivity index (χ1) is 10.7. The van der Waals surface area contributed by atoms with E-state index < -0.39 is 5.91 Å². The summed E-state index contributed by atoms with van der Waals surface area (Å²) in [5, 5.41) is 6.07. The van der Waals surface area contributed by atoms with E-state index in [9.17, 15) is 9.59 Å². The molecule has 116 valence electrons. The summed E-state index contributed by atoms with van der Waals surface area (Å²) in [5.41, 5.74) is 0.170. The summed E-state index contributed by atoms with van der Waals surface area (Å²) in [5.74, 6) is -0.425. The van der Waals surface area contributed by atoms with Gasteiger partial charge in [-0.15, -0.1) is 0 Å². The summed E-state index contributed by atoms with van der Waals surface area (Å²) in [6.07, 6.45) is 3.68. The number of aromatic nitrogens is 2. The Hall–Kier alpha value is -2.25. The molecule has 0 bridgehead atoms. The number of pyridine rings is 1. The third kappa shape index (κ3) is 2.72. The number of hydrogen-bond donors (Lipinski definition) is 2. The van der Waals surface area contributed by atoms with Gasteiger partial charge in [-0.3, -0.25) is 14.0 Å². The highest BCUT2D eigenvalue weighted by molar-refractivity contribution is 5.94. The van der Waals surface area contributed by atoms with E-state index in [2.05, 4.69) is 15.6 Å². The average Bonchev–Trinajstić information content (AvgIpc) is 2.56. The zero-order valence-electron chi connectivity index (χ0n) is 12.3. The van der Waals surface area contributed by atoms with Gasteiger partial charge in [0.15, 0.2) is 0 Å². The zero-order valence-corrected chi connectivity index (χ0v) is 12.3. The van der Waals surface area contributed by atoms with E-state index in [4.69, 9.17) is 4.74 Å². The molecule has 1 fully saturated rings. The molecule has 7 nitrogen and oxygen atoms in total. The Kier molecular flexibility index (Phi) is 4.17. The Morgan fingerprint density at radius 3 is 3.18 bits per heavy atom. The summed E-state index contributed by atoms with van der Waals surface area (Å²) in [6, 6.07) is 5.07. The SMILES string of the molecule is CO[C@@H]1CCNC[C@@H]1NC(=O)c1cnc2ccccn2c1=O. The lowest BCUT2D eigenvalue weighted by molar-refractivity contribution is 0.0447. The van der Waals surface area contributed by atoms with E-state index in [1.165, 1.54) is 10.6 Å². The number of amides is 1. The van der Waals surface area contributed by atoms with Crippen LogP contribution >= 0.6 is 0 Å². The number of rotatable bonds is 3. The molecule has 0 spiro atoms. The normalized spacial score (nSPS) is 21.7. The fourth-order valence-electron chi connectivity index (χ4n) is 2.69. The number of fused-ring (bicyclic) bond motifs is 1. The lowest BCUT2D eigenvalue weighted by atomic mass is 10.0. The van der Waals surface area contributed by atoms with Crippen LogP contribution in [0.2, 0.25) is 0 Å². The highest BCUT2D eigenvalue weighted by Crippen LogP contribution is 2.08. The first-order valence-corrected chi connectivity index (χ1v) is 7.21. The number of hydrogen-bond acceptors (Lipinski definition) is 5. The van der Waals surface area contributed by atoms with Crippen LogP contribution in [0.5, 0.6) is 0 Å². The largest absolute Gasteiger partial charge is 0.379 e. The van der Waals surface area contributed by atoms with Gasteiger partial charge in [0, 0.05) is 26.0 Å². The second-order valence-electron chi connectivity index (χ2n) is 5.25. The van der Waals surface area contributed by atoms with Gasteiger partial charge in [0.05, 0.1) is 12.1 Å². The number of nitrogens with one attached hydrogen (secondary N) is 2. The van der Waals surface area contributed by atoms with Gasteiger partial charge in [-0.2, -0.15) is 0 Å². The van der Waals surface area contributed by atoms with Gasteiger partial charge in [-0.05, 0) is 25.1 Å². The van der Waals surface area contributed by atoms with Crippen LogP contribution in [0.25, 0.3) is 5.65 Å². The molecule has 2 atom stereocenters. The van der Waals surface area contributed by atoms with Crippen molar-refractivity contribution in [1.29, 1.82) is 0 Å². The fraction of sp³-hybridized carbons (Fsp3) is 0.400. The summed E-state index contributed by atoms with van der Waals surface area (Å²) in [6.45, 7) is 1.47. The maximum Gasteiger partial charge on any atom is 0.270 e. The van der Waals surface area contributed by atoms with Crippen molar-refractivity contribution >= 4 is 11.6 Å². The van der Waals surface area contributed by atoms with Gasteiger partial charge in [-0.1, -0.05) is 6.07 Å². The predicted octanol–water partition coefficient (Wildman–Crippen LogP) is -0.199. The van der Waals surface area contributed by atoms with E-state index in [1.807, 2.05) is 0 Å². The number of nitrogens with zero attached hydrogens (tertiary/aromatic N) is 2. The van der Waals surface area contributed by atoms with Gasteiger partial charge in [0.1, 0.15) is 11.2 Å². The second-order valence-corrected chi connectivity index (χ2v) is 5.25. The van der Waals surface area contributed by atoms with E-state index in [0.717, 1.165) is 13.0 Å². The molecule has 1 saturated heterocycles. The smallest absolute Gasteiger partial charge is 0.270 e. The molecular formula is C15H18N4O3. The van der Waals surface area contributed by atoms with Crippen molar-refractivity contribution in [2.75, 3.05) is 20.2 Å². The summed E-state index contributed by atoms with van der Waals surface area (Å²) in [7, 11) is 1.63. The monoisotopic (exact) mass is 302 g/mol. The Morgan fingerprint density at radius 1 is 1.50 bits per heavy atom. The van der Waals surface area contributed by atoms with Crippen LogP contribution < -0.4 is 16.2 Å². The van der Waals surface area contributed by atoms with Crippen LogP contribution in [0, 0.1) is 0 Å². The molecule has 7 heteroatoms. The van der Waals surface area contributed by atoms with E-state index in [-0.39, 0.29) is 23.3 Å². The highest BCUT2D eigenvalue weighted by Gasteiger charge is 2.27. The van der Waals surface area contributed by atoms with Gasteiger partial charge in [-0.25, -0.2) is 4.98 Å². The maximum atomic E-state index is 12.4. The third-order valence-electron chi connectivity index (χ3n) is 3.90. The molecule has 1 aliphatic heterocycles. The lowest BCUT2D eigenvalue weighted by Gasteiger charge is -2.31. The molecule has 3 heterocycles. The first kappa shape index (κ1) is 14.7. The van der Waals surface area contributed by atoms with Gasteiger partial charge in [0.25, 0.3) is 11.5 Å². The van der Waals surface area contributed by atoms with Crippen molar-refractivity contribution in [2.45, 2.75) is 18.6 Å². The second kappa shape index (κ2) is 6.25. The molecule has 0 unspecified atom stereocenters. The lowest BCUT2D eigenvalue weighted by Crippen LogP contribution is -2.55. The van der Waals surface area contributed by atoms with Gasteiger partial charge >= 0.3 is 0 Å². The molecule has 3 rings (SSSR count). The number of methoxy groups -OCH3 is 1. The molecule has 0 aliphatic carbocycles. The standard InChI is InChI=1S/C15H18N4O3/c1-22-12-5-6-16-9-11(12)18-14(20)10-8-17-13-4-2-3-7-19(13)15(10)21/h2-4,7-8,11-12,16H,5-6,9H2,1H3,(H,18,20)/t11-,12+/m0/s1. The van der Waals surface area contributed by atoms with Crippen molar-refractivity contribution in [2.24, 2.45) is 0 Å². The molecule has 1 aliphatic rings.